The molecule has 1 fully saturated rings. The predicted molar refractivity (Wildman–Crippen MR) is 75.2 cm³/mol. The maximum Gasteiger partial charge on any atom is 0.328 e. The summed E-state index contributed by atoms with van der Waals surface area (Å²) in [6.07, 6.45) is 2.60. The van der Waals surface area contributed by atoms with Gasteiger partial charge in [0.15, 0.2) is 0 Å². The van der Waals surface area contributed by atoms with Crippen molar-refractivity contribution in [3.63, 3.8) is 0 Å². The number of likely N-dealkylation sites (N-methyl/N-ethyl adjacent to an activating group) is 1. The van der Waals surface area contributed by atoms with Crippen molar-refractivity contribution in [3.8, 4) is 0 Å². The van der Waals surface area contributed by atoms with Crippen LogP contribution in [-0.2, 0) is 9.53 Å². The Hall–Kier alpha value is -1.95. The van der Waals surface area contributed by atoms with Crippen LogP contribution in [0.2, 0.25) is 0 Å². The van der Waals surface area contributed by atoms with Crippen LogP contribution in [0.3, 0.4) is 0 Å². The molecule has 6 heteroatoms. The quantitative estimate of drug-likeness (QED) is 0.868. The molecule has 1 saturated heterocycles. The Bertz CT molecular complexity index is 551. The van der Waals surface area contributed by atoms with E-state index in [0.717, 1.165) is 24.3 Å². The number of benzene rings is 1. The third-order valence-corrected chi connectivity index (χ3v) is 3.64. The lowest BCUT2D eigenvalue weighted by Gasteiger charge is -2.29. The fourth-order valence-electron chi connectivity index (χ4n) is 2.58. The van der Waals surface area contributed by atoms with Gasteiger partial charge in [-0.15, -0.1) is 0 Å². The summed E-state index contributed by atoms with van der Waals surface area (Å²) in [5.41, 5.74) is 0.0464. The second-order valence-electron chi connectivity index (χ2n) is 5.05. The normalized spacial score (nSPS) is 21.9. The lowest BCUT2D eigenvalue weighted by Crippen LogP contribution is -2.37. The van der Waals surface area contributed by atoms with Gasteiger partial charge in [-0.1, -0.05) is 0 Å². The molecule has 4 nitrogen and oxygen atoms in total. The number of carbonyl (C=O) groups is 1. The number of hydrogen-bond acceptors (Lipinski definition) is 3. The summed E-state index contributed by atoms with van der Waals surface area (Å²) in [7, 11) is 1.63. The Kier molecular flexibility index (Phi) is 4.57. The van der Waals surface area contributed by atoms with E-state index >= 15 is 0 Å². The summed E-state index contributed by atoms with van der Waals surface area (Å²) < 4.78 is 33.7. The molecule has 2 rings (SSSR count). The molecule has 0 bridgehead atoms. The Morgan fingerprint density at radius 2 is 2.05 bits per heavy atom. The van der Waals surface area contributed by atoms with Crippen LogP contribution in [-0.4, -0.2) is 36.9 Å². The van der Waals surface area contributed by atoms with Gasteiger partial charge in [0.05, 0.1) is 12.1 Å². The van der Waals surface area contributed by atoms with Crippen LogP contribution in [0, 0.1) is 11.6 Å². The molecule has 0 spiro atoms. The molecule has 2 atom stereocenters. The first-order chi connectivity index (χ1) is 9.90. The van der Waals surface area contributed by atoms with Crippen molar-refractivity contribution in [1.82, 2.24) is 0 Å². The van der Waals surface area contributed by atoms with Gasteiger partial charge >= 0.3 is 5.97 Å². The molecule has 1 aliphatic heterocycles. The van der Waals surface area contributed by atoms with Gasteiger partial charge in [-0.25, -0.2) is 13.6 Å². The van der Waals surface area contributed by atoms with Gasteiger partial charge in [-0.05, 0) is 37.1 Å². The fourth-order valence-corrected chi connectivity index (χ4v) is 2.58. The van der Waals surface area contributed by atoms with Crippen molar-refractivity contribution in [3.05, 3.63) is 35.4 Å². The molecular formula is C15H17F2NO3. The van der Waals surface area contributed by atoms with E-state index < -0.39 is 17.6 Å². The average Bonchev–Trinajstić information content (AvgIpc) is 2.81. The molecule has 1 aliphatic rings. The largest absolute Gasteiger partial charge is 0.478 e. The molecule has 1 N–H and O–H groups in total. The summed E-state index contributed by atoms with van der Waals surface area (Å²) in [4.78, 5) is 12.0. The molecule has 21 heavy (non-hydrogen) atoms. The second kappa shape index (κ2) is 6.22. The molecule has 0 aliphatic carbocycles. The minimum Gasteiger partial charge on any atom is -0.478 e. The third kappa shape index (κ3) is 3.39. The molecule has 2 unspecified atom stereocenters. The van der Waals surface area contributed by atoms with Gasteiger partial charge in [0.2, 0.25) is 0 Å². The number of rotatable bonds is 4. The number of halogens is 2. The van der Waals surface area contributed by atoms with Crippen LogP contribution >= 0.6 is 0 Å². The standard InChI is InChI=1S/C15H17F2NO3/c1-9-13(5-6-21-9)18(2)15-11(16)7-10(8-12(15)17)3-4-14(19)20/h3-4,7-9,13H,5-6H2,1-2H3,(H,19,20)/b4-3+. The summed E-state index contributed by atoms with van der Waals surface area (Å²) in [6.45, 7) is 2.44. The Labute approximate surface area is 121 Å². The zero-order chi connectivity index (χ0) is 15.6. The average molecular weight is 297 g/mol. The highest BCUT2D eigenvalue weighted by molar-refractivity contribution is 5.85. The zero-order valence-electron chi connectivity index (χ0n) is 11.8. The number of carboxylic acid groups (broad SMARTS) is 1. The van der Waals surface area contributed by atoms with Gasteiger partial charge in [0.1, 0.15) is 17.3 Å². The lowest BCUT2D eigenvalue weighted by atomic mass is 10.1. The summed E-state index contributed by atoms with van der Waals surface area (Å²) in [5.74, 6) is -2.61. The van der Waals surface area contributed by atoms with E-state index in [1.165, 1.54) is 0 Å². The molecule has 0 saturated carbocycles. The zero-order valence-corrected chi connectivity index (χ0v) is 11.8. The number of carboxylic acids is 1. The molecule has 0 amide bonds. The maximum absolute atomic E-state index is 14.2. The van der Waals surface area contributed by atoms with E-state index in [1.54, 1.807) is 11.9 Å². The van der Waals surface area contributed by atoms with Crippen molar-refractivity contribution >= 4 is 17.7 Å². The van der Waals surface area contributed by atoms with Gasteiger partial charge < -0.3 is 14.7 Å². The van der Waals surface area contributed by atoms with E-state index in [4.69, 9.17) is 9.84 Å². The molecule has 1 heterocycles. The van der Waals surface area contributed by atoms with Gasteiger partial charge in [0.25, 0.3) is 0 Å². The Balaban J connectivity index is 2.30. The number of hydrogen-bond donors (Lipinski definition) is 1. The topological polar surface area (TPSA) is 49.8 Å². The minimum absolute atomic E-state index is 0.0885. The molecule has 1 aromatic rings. The van der Waals surface area contributed by atoms with E-state index in [1.807, 2.05) is 6.92 Å². The molecule has 0 radical (unpaired) electrons. The predicted octanol–water partition coefficient (Wildman–Crippen LogP) is 2.68. The number of aliphatic carboxylic acids is 1. The van der Waals surface area contributed by atoms with E-state index in [2.05, 4.69) is 0 Å². The van der Waals surface area contributed by atoms with Crippen LogP contribution in [0.4, 0.5) is 14.5 Å². The summed E-state index contributed by atoms with van der Waals surface area (Å²) in [6, 6.07) is 2.15. The number of anilines is 1. The highest BCUT2D eigenvalue weighted by Gasteiger charge is 2.30. The number of ether oxygens (including phenoxy) is 1. The van der Waals surface area contributed by atoms with Crippen LogP contribution in [0.1, 0.15) is 18.9 Å². The summed E-state index contributed by atoms with van der Waals surface area (Å²) in [5, 5.41) is 8.53. The molecular weight excluding hydrogens is 280 g/mol. The van der Waals surface area contributed by atoms with Crippen molar-refractivity contribution in [2.45, 2.75) is 25.5 Å². The summed E-state index contributed by atoms with van der Waals surface area (Å²) >= 11 is 0. The van der Waals surface area contributed by atoms with E-state index in [-0.39, 0.29) is 23.4 Å². The van der Waals surface area contributed by atoms with Gasteiger partial charge in [0, 0.05) is 19.7 Å². The third-order valence-electron chi connectivity index (χ3n) is 3.64. The van der Waals surface area contributed by atoms with Gasteiger partial charge in [-0.3, -0.25) is 0 Å². The molecule has 114 valence electrons. The Morgan fingerprint density at radius 1 is 1.43 bits per heavy atom. The van der Waals surface area contributed by atoms with E-state index in [0.29, 0.717) is 13.0 Å². The molecule has 0 aromatic heterocycles. The van der Waals surface area contributed by atoms with Gasteiger partial charge in [-0.2, -0.15) is 0 Å². The van der Waals surface area contributed by atoms with Crippen LogP contribution < -0.4 is 4.90 Å². The second-order valence-corrected chi connectivity index (χ2v) is 5.05. The first-order valence-electron chi connectivity index (χ1n) is 6.64. The van der Waals surface area contributed by atoms with Crippen LogP contribution in [0.5, 0.6) is 0 Å². The minimum atomic E-state index is -1.17. The van der Waals surface area contributed by atoms with Crippen molar-refractivity contribution in [2.75, 3.05) is 18.6 Å². The maximum atomic E-state index is 14.2. The molecule has 1 aromatic carbocycles. The highest BCUT2D eigenvalue weighted by Crippen LogP contribution is 2.30. The smallest absolute Gasteiger partial charge is 0.328 e. The lowest BCUT2D eigenvalue weighted by molar-refractivity contribution is -0.131. The monoisotopic (exact) mass is 297 g/mol. The van der Waals surface area contributed by atoms with Crippen molar-refractivity contribution in [2.24, 2.45) is 0 Å². The Morgan fingerprint density at radius 3 is 2.52 bits per heavy atom. The van der Waals surface area contributed by atoms with Crippen LogP contribution in [0.25, 0.3) is 6.08 Å². The first kappa shape index (κ1) is 15.4. The first-order valence-corrected chi connectivity index (χ1v) is 6.64. The van der Waals surface area contributed by atoms with Crippen molar-refractivity contribution < 1.29 is 23.4 Å². The van der Waals surface area contributed by atoms with E-state index in [9.17, 15) is 13.6 Å². The fraction of sp³-hybridized carbons (Fsp3) is 0.400. The SMILES string of the molecule is CC1OCCC1N(C)c1c(F)cc(/C=C/C(=O)O)cc1F. The van der Waals surface area contributed by atoms with Crippen molar-refractivity contribution in [1.29, 1.82) is 0 Å². The van der Waals surface area contributed by atoms with Crippen LogP contribution in [0.15, 0.2) is 18.2 Å². The highest BCUT2D eigenvalue weighted by atomic mass is 19.1. The number of nitrogens with zero attached hydrogens (tertiary/aromatic N) is 1.